The molecular formula is C23H18ClN3O3. The molecule has 6 nitrogen and oxygen atoms in total. The molecule has 4 rings (SSSR count). The summed E-state index contributed by atoms with van der Waals surface area (Å²) < 4.78 is 5.72. The molecule has 0 aliphatic heterocycles. The lowest BCUT2D eigenvalue weighted by Gasteiger charge is -2.11. The van der Waals surface area contributed by atoms with Gasteiger partial charge in [-0.1, -0.05) is 48.0 Å². The van der Waals surface area contributed by atoms with Crippen molar-refractivity contribution in [3.8, 4) is 17.1 Å². The van der Waals surface area contributed by atoms with Gasteiger partial charge in [-0.3, -0.25) is 9.59 Å². The number of hydrogen-bond acceptors (Lipinski definition) is 4. The Hall–Kier alpha value is -3.64. The molecule has 0 fully saturated rings. The van der Waals surface area contributed by atoms with Crippen LogP contribution in [0.3, 0.4) is 0 Å². The molecule has 0 bridgehead atoms. The Bertz CT molecular complexity index is 1300. The lowest BCUT2D eigenvalue weighted by atomic mass is 10.1. The topological polar surface area (TPSA) is 84.1 Å². The van der Waals surface area contributed by atoms with Crippen molar-refractivity contribution in [3.63, 3.8) is 0 Å². The van der Waals surface area contributed by atoms with Gasteiger partial charge in [-0.2, -0.15) is 0 Å². The highest BCUT2D eigenvalue weighted by Gasteiger charge is 2.09. The number of benzene rings is 3. The summed E-state index contributed by atoms with van der Waals surface area (Å²) in [5.74, 6) is 0.720. The lowest BCUT2D eigenvalue weighted by Crippen LogP contribution is -2.20. The van der Waals surface area contributed by atoms with Gasteiger partial charge in [-0.05, 0) is 31.2 Å². The van der Waals surface area contributed by atoms with E-state index in [1.807, 2.05) is 30.3 Å². The van der Waals surface area contributed by atoms with Crippen molar-refractivity contribution in [3.05, 3.63) is 87.8 Å². The average molecular weight is 420 g/mol. The third-order valence-electron chi connectivity index (χ3n) is 4.48. The number of carbonyl (C=O) groups is 1. The predicted molar refractivity (Wildman–Crippen MR) is 118 cm³/mol. The average Bonchev–Trinajstić information content (AvgIpc) is 2.73. The number of rotatable bonds is 5. The molecule has 0 spiro atoms. The smallest absolute Gasteiger partial charge is 0.262 e. The molecule has 0 saturated heterocycles. The molecule has 7 heteroatoms. The highest BCUT2D eigenvalue weighted by atomic mass is 35.5. The number of hydrogen-bond donors (Lipinski definition) is 2. The normalized spacial score (nSPS) is 10.7. The quantitative estimate of drug-likeness (QED) is 0.496. The van der Waals surface area contributed by atoms with Gasteiger partial charge in [-0.25, -0.2) is 4.98 Å². The van der Waals surface area contributed by atoms with Gasteiger partial charge in [0, 0.05) is 38.8 Å². The first-order valence-electron chi connectivity index (χ1n) is 9.28. The van der Waals surface area contributed by atoms with E-state index in [0.717, 1.165) is 10.8 Å². The van der Waals surface area contributed by atoms with Crippen molar-refractivity contribution in [2.75, 3.05) is 11.9 Å². The number of nitrogens with one attached hydrogen (secondary N) is 2. The fourth-order valence-electron chi connectivity index (χ4n) is 3.16. The third kappa shape index (κ3) is 4.34. The van der Waals surface area contributed by atoms with E-state index in [4.69, 9.17) is 16.3 Å². The van der Waals surface area contributed by atoms with Crippen LogP contribution < -0.4 is 15.6 Å². The van der Waals surface area contributed by atoms with Gasteiger partial charge in [0.15, 0.2) is 6.61 Å². The number of aromatic nitrogens is 2. The summed E-state index contributed by atoms with van der Waals surface area (Å²) in [5, 5.41) is 5.14. The Balaban J connectivity index is 1.48. The number of anilines is 1. The number of fused-ring (bicyclic) bond motifs is 1. The maximum atomic E-state index is 12.4. The van der Waals surface area contributed by atoms with Crippen LogP contribution in [0.1, 0.15) is 5.69 Å². The molecule has 0 radical (unpaired) electrons. The van der Waals surface area contributed by atoms with E-state index in [0.29, 0.717) is 33.5 Å². The summed E-state index contributed by atoms with van der Waals surface area (Å²) in [6.07, 6.45) is 0. The zero-order valence-corrected chi connectivity index (χ0v) is 16.9. The molecule has 1 amide bonds. The minimum absolute atomic E-state index is 0.157. The SMILES string of the molecule is Cc1cc(=O)[nH]c(-c2cccc(NC(=O)COc3ccc(Cl)c4ccccc34)c2)n1. The highest BCUT2D eigenvalue weighted by Crippen LogP contribution is 2.31. The molecule has 30 heavy (non-hydrogen) atoms. The number of aromatic amines is 1. The fraction of sp³-hybridized carbons (Fsp3) is 0.0870. The minimum atomic E-state index is -0.308. The zero-order chi connectivity index (χ0) is 21.1. The Morgan fingerprint density at radius 1 is 1.07 bits per heavy atom. The van der Waals surface area contributed by atoms with E-state index in [1.54, 1.807) is 37.3 Å². The Kier molecular flexibility index (Phi) is 5.50. The zero-order valence-electron chi connectivity index (χ0n) is 16.1. The molecule has 1 aromatic heterocycles. The number of H-pyrrole nitrogens is 1. The van der Waals surface area contributed by atoms with Crippen LogP contribution in [0, 0.1) is 6.92 Å². The van der Waals surface area contributed by atoms with Gasteiger partial charge in [-0.15, -0.1) is 0 Å². The maximum absolute atomic E-state index is 12.4. The summed E-state index contributed by atoms with van der Waals surface area (Å²) in [7, 11) is 0. The van der Waals surface area contributed by atoms with Gasteiger partial charge >= 0.3 is 0 Å². The number of carbonyl (C=O) groups excluding carboxylic acids is 1. The van der Waals surface area contributed by atoms with Crippen LogP contribution in [-0.4, -0.2) is 22.5 Å². The van der Waals surface area contributed by atoms with Crippen LogP contribution >= 0.6 is 11.6 Å². The Labute approximate surface area is 177 Å². The molecule has 3 aromatic carbocycles. The molecule has 0 aliphatic rings. The van der Waals surface area contributed by atoms with Gasteiger partial charge in [0.2, 0.25) is 0 Å². The van der Waals surface area contributed by atoms with E-state index in [-0.39, 0.29) is 18.1 Å². The van der Waals surface area contributed by atoms with E-state index >= 15 is 0 Å². The van der Waals surface area contributed by atoms with Crippen LogP contribution in [0.2, 0.25) is 5.02 Å². The molecule has 150 valence electrons. The lowest BCUT2D eigenvalue weighted by molar-refractivity contribution is -0.118. The molecule has 0 unspecified atom stereocenters. The first kappa shape index (κ1) is 19.7. The molecule has 0 saturated carbocycles. The monoisotopic (exact) mass is 419 g/mol. The summed E-state index contributed by atoms with van der Waals surface area (Å²) in [6.45, 7) is 1.59. The van der Waals surface area contributed by atoms with Gasteiger partial charge in [0.1, 0.15) is 11.6 Å². The van der Waals surface area contributed by atoms with E-state index in [2.05, 4.69) is 15.3 Å². The molecular weight excluding hydrogens is 402 g/mol. The predicted octanol–water partition coefficient (Wildman–Crippen LogP) is 4.57. The van der Waals surface area contributed by atoms with Crippen LogP contribution in [0.15, 0.2) is 71.5 Å². The van der Waals surface area contributed by atoms with E-state index in [9.17, 15) is 9.59 Å². The number of nitrogens with zero attached hydrogens (tertiary/aromatic N) is 1. The largest absolute Gasteiger partial charge is 0.483 e. The van der Waals surface area contributed by atoms with Crippen molar-refractivity contribution < 1.29 is 9.53 Å². The van der Waals surface area contributed by atoms with Gasteiger partial charge in [0.25, 0.3) is 11.5 Å². The number of halogens is 1. The van der Waals surface area contributed by atoms with Crippen molar-refractivity contribution in [1.82, 2.24) is 9.97 Å². The first-order valence-corrected chi connectivity index (χ1v) is 9.66. The molecule has 0 atom stereocenters. The summed E-state index contributed by atoms with van der Waals surface area (Å²) in [4.78, 5) is 31.1. The Morgan fingerprint density at radius 3 is 2.67 bits per heavy atom. The summed E-state index contributed by atoms with van der Waals surface area (Å²) in [6, 6.07) is 19.6. The second-order valence-electron chi connectivity index (χ2n) is 6.74. The van der Waals surface area contributed by atoms with Crippen molar-refractivity contribution in [2.45, 2.75) is 6.92 Å². The van der Waals surface area contributed by atoms with Gasteiger partial charge in [0.05, 0.1) is 0 Å². The number of aryl methyl sites for hydroxylation is 1. The molecule has 4 aromatic rings. The van der Waals surface area contributed by atoms with Crippen LogP contribution in [0.4, 0.5) is 5.69 Å². The van der Waals surface area contributed by atoms with Crippen molar-refractivity contribution in [2.24, 2.45) is 0 Å². The van der Waals surface area contributed by atoms with E-state index in [1.165, 1.54) is 6.07 Å². The first-order chi connectivity index (χ1) is 14.5. The minimum Gasteiger partial charge on any atom is -0.483 e. The number of amides is 1. The molecule has 2 N–H and O–H groups in total. The van der Waals surface area contributed by atoms with Gasteiger partial charge < -0.3 is 15.0 Å². The van der Waals surface area contributed by atoms with Crippen LogP contribution in [-0.2, 0) is 4.79 Å². The molecule has 1 heterocycles. The van der Waals surface area contributed by atoms with Crippen molar-refractivity contribution in [1.29, 1.82) is 0 Å². The summed E-state index contributed by atoms with van der Waals surface area (Å²) >= 11 is 6.22. The number of ether oxygens (including phenoxy) is 1. The van der Waals surface area contributed by atoms with E-state index < -0.39 is 0 Å². The Morgan fingerprint density at radius 2 is 1.87 bits per heavy atom. The molecule has 0 aliphatic carbocycles. The standard InChI is InChI=1S/C23H18ClN3O3/c1-14-11-21(28)27-23(25-14)15-5-4-6-16(12-15)26-22(29)13-30-20-10-9-19(24)17-7-2-3-8-18(17)20/h2-12H,13H2,1H3,(H,26,29)(H,25,27,28). The third-order valence-corrected chi connectivity index (χ3v) is 4.81. The highest BCUT2D eigenvalue weighted by molar-refractivity contribution is 6.35. The second kappa shape index (κ2) is 8.39. The van der Waals surface area contributed by atoms with Crippen LogP contribution in [0.25, 0.3) is 22.2 Å². The fourth-order valence-corrected chi connectivity index (χ4v) is 3.39. The maximum Gasteiger partial charge on any atom is 0.262 e. The summed E-state index contributed by atoms with van der Waals surface area (Å²) in [5.41, 5.74) is 1.66. The second-order valence-corrected chi connectivity index (χ2v) is 7.15. The van der Waals surface area contributed by atoms with Crippen molar-refractivity contribution >= 4 is 34.0 Å². The van der Waals surface area contributed by atoms with Crippen LogP contribution in [0.5, 0.6) is 5.75 Å².